The number of nitrogens with two attached hydrogens (primary N) is 1. The maximum absolute atomic E-state index is 14.4. The normalized spacial score (nSPS) is 23.0. The summed E-state index contributed by atoms with van der Waals surface area (Å²) in [6.07, 6.45) is 2.99. The monoisotopic (exact) mass is 352 g/mol. The molecule has 0 bridgehead atoms. The second kappa shape index (κ2) is 6.43. The molecule has 2 atom stereocenters. The molecule has 0 saturated carbocycles. The molecule has 0 aliphatic carbocycles. The second-order valence-electron chi connectivity index (χ2n) is 5.94. The number of nitrogen functional groups attached to an aromatic ring is 1. The predicted octanol–water partition coefficient (Wildman–Crippen LogP) is 2.77. The zero-order valence-electron chi connectivity index (χ0n) is 13.2. The van der Waals surface area contributed by atoms with Crippen LogP contribution in [0.15, 0.2) is 18.2 Å². The maximum Gasteiger partial charge on any atom is 0.328 e. The Morgan fingerprint density at radius 2 is 2.21 bits per heavy atom. The van der Waals surface area contributed by atoms with Gasteiger partial charge in [-0.25, -0.2) is 9.18 Å². The molecule has 1 saturated heterocycles. The van der Waals surface area contributed by atoms with Gasteiger partial charge in [0.05, 0.1) is 11.6 Å². The fourth-order valence-corrected chi connectivity index (χ4v) is 3.65. The zero-order chi connectivity index (χ0) is 17.4. The molecule has 1 fully saturated rings. The average Bonchev–Trinajstić information content (AvgIpc) is 2.96. The quantitative estimate of drug-likeness (QED) is 0.670. The molecule has 7 heteroatoms. The van der Waals surface area contributed by atoms with E-state index in [4.69, 9.17) is 22.1 Å². The lowest BCUT2D eigenvalue weighted by Gasteiger charge is -2.33. The molecule has 0 aromatic heterocycles. The van der Waals surface area contributed by atoms with Crippen LogP contribution in [0.25, 0.3) is 5.57 Å². The van der Waals surface area contributed by atoms with E-state index in [0.717, 1.165) is 0 Å². The molecule has 1 amide bonds. The number of fused-ring (bicyclic) bond motifs is 1. The Labute approximate surface area is 144 Å². The van der Waals surface area contributed by atoms with Crippen molar-refractivity contribution in [2.45, 2.75) is 38.3 Å². The summed E-state index contributed by atoms with van der Waals surface area (Å²) in [5, 5.41) is -0.0363. The van der Waals surface area contributed by atoms with Gasteiger partial charge < -0.3 is 15.4 Å². The van der Waals surface area contributed by atoms with Gasteiger partial charge in [0.2, 0.25) is 5.91 Å². The maximum atomic E-state index is 14.4. The third-order valence-corrected chi connectivity index (χ3v) is 4.81. The van der Waals surface area contributed by atoms with E-state index in [2.05, 4.69) is 0 Å². The Balaban J connectivity index is 1.93. The lowest BCUT2D eigenvalue weighted by atomic mass is 9.92. The highest BCUT2D eigenvalue weighted by Gasteiger charge is 2.43. The lowest BCUT2D eigenvalue weighted by Crippen LogP contribution is -2.46. The Morgan fingerprint density at radius 3 is 2.92 bits per heavy atom. The first-order chi connectivity index (χ1) is 11.4. The van der Waals surface area contributed by atoms with Crippen LogP contribution in [0, 0.1) is 5.82 Å². The molecule has 1 aromatic carbocycles. The molecule has 2 heterocycles. The highest BCUT2D eigenvalue weighted by molar-refractivity contribution is 6.31. The van der Waals surface area contributed by atoms with E-state index in [1.807, 2.05) is 0 Å². The topological polar surface area (TPSA) is 72.6 Å². The molecule has 2 N–H and O–H groups in total. The first kappa shape index (κ1) is 16.8. The van der Waals surface area contributed by atoms with Gasteiger partial charge in [-0.2, -0.15) is 0 Å². The van der Waals surface area contributed by atoms with Crippen molar-refractivity contribution in [3.8, 4) is 0 Å². The second-order valence-corrected chi connectivity index (χ2v) is 6.35. The molecule has 0 radical (unpaired) electrons. The zero-order valence-corrected chi connectivity index (χ0v) is 14.0. The SMILES string of the molecule is CCOC(=O)[C@@H]1CC[C@@H]2CC(c3c(N)ccc(Cl)c3F)=CC(=O)N21. The van der Waals surface area contributed by atoms with E-state index in [0.29, 0.717) is 24.8 Å². The van der Waals surface area contributed by atoms with E-state index in [1.165, 1.54) is 18.2 Å². The minimum absolute atomic E-state index is 0.0363. The van der Waals surface area contributed by atoms with Crippen molar-refractivity contribution in [3.63, 3.8) is 0 Å². The molecule has 1 aromatic rings. The number of hydrogen-bond donors (Lipinski definition) is 1. The van der Waals surface area contributed by atoms with Crippen LogP contribution >= 0.6 is 11.6 Å². The van der Waals surface area contributed by atoms with Crippen LogP contribution in [0.1, 0.15) is 31.7 Å². The number of carbonyl (C=O) groups is 2. The predicted molar refractivity (Wildman–Crippen MR) is 88.7 cm³/mol. The number of esters is 1. The molecule has 3 rings (SSSR count). The highest BCUT2D eigenvalue weighted by atomic mass is 35.5. The number of ether oxygens (including phenoxy) is 1. The van der Waals surface area contributed by atoms with Crippen molar-refractivity contribution in [2.75, 3.05) is 12.3 Å². The molecule has 2 aliphatic heterocycles. The number of nitrogens with zero attached hydrogens (tertiary/aromatic N) is 1. The minimum Gasteiger partial charge on any atom is -0.464 e. The fraction of sp³-hybridized carbons (Fsp3) is 0.412. The summed E-state index contributed by atoms with van der Waals surface area (Å²) in [7, 11) is 0. The number of carbonyl (C=O) groups excluding carboxylic acids is 2. The van der Waals surface area contributed by atoms with E-state index >= 15 is 0 Å². The summed E-state index contributed by atoms with van der Waals surface area (Å²) in [5.74, 6) is -1.33. The molecular weight excluding hydrogens is 335 g/mol. The van der Waals surface area contributed by atoms with Crippen LogP contribution in [-0.2, 0) is 14.3 Å². The fourth-order valence-electron chi connectivity index (χ4n) is 3.49. The van der Waals surface area contributed by atoms with Crippen molar-refractivity contribution in [3.05, 3.63) is 34.6 Å². The number of halogens is 2. The van der Waals surface area contributed by atoms with Crippen LogP contribution in [-0.4, -0.2) is 35.5 Å². The molecule has 5 nitrogen and oxygen atoms in total. The summed E-state index contributed by atoms with van der Waals surface area (Å²) in [4.78, 5) is 26.1. The van der Waals surface area contributed by atoms with E-state index < -0.39 is 17.8 Å². The number of rotatable bonds is 3. The molecule has 128 valence electrons. The van der Waals surface area contributed by atoms with Gasteiger partial charge in [-0.3, -0.25) is 4.79 Å². The number of benzene rings is 1. The molecule has 2 aliphatic rings. The van der Waals surface area contributed by atoms with Crippen LogP contribution in [0.2, 0.25) is 5.02 Å². The van der Waals surface area contributed by atoms with Gasteiger partial charge in [-0.15, -0.1) is 0 Å². The van der Waals surface area contributed by atoms with E-state index in [9.17, 15) is 14.0 Å². The average molecular weight is 353 g/mol. The third kappa shape index (κ3) is 2.75. The van der Waals surface area contributed by atoms with Crippen molar-refractivity contribution in [2.24, 2.45) is 0 Å². The van der Waals surface area contributed by atoms with E-state index in [1.54, 1.807) is 11.8 Å². The van der Waals surface area contributed by atoms with Crippen molar-refractivity contribution >= 4 is 34.7 Å². The highest BCUT2D eigenvalue weighted by Crippen LogP contribution is 2.39. The molecule has 24 heavy (non-hydrogen) atoms. The smallest absolute Gasteiger partial charge is 0.328 e. The van der Waals surface area contributed by atoms with Crippen LogP contribution in [0.5, 0.6) is 0 Å². The Kier molecular flexibility index (Phi) is 4.49. The largest absolute Gasteiger partial charge is 0.464 e. The van der Waals surface area contributed by atoms with Gasteiger partial charge in [0.25, 0.3) is 0 Å². The Hall–Kier alpha value is -2.08. The van der Waals surface area contributed by atoms with Crippen LogP contribution in [0.4, 0.5) is 10.1 Å². The lowest BCUT2D eigenvalue weighted by molar-refractivity contribution is -0.152. The Morgan fingerprint density at radius 1 is 1.46 bits per heavy atom. The summed E-state index contributed by atoms with van der Waals surface area (Å²) in [6, 6.07) is 2.18. The van der Waals surface area contributed by atoms with Gasteiger partial charge in [-0.1, -0.05) is 11.6 Å². The first-order valence-corrected chi connectivity index (χ1v) is 8.25. The minimum atomic E-state index is -0.621. The first-order valence-electron chi connectivity index (χ1n) is 7.87. The summed E-state index contributed by atoms with van der Waals surface area (Å²) >= 11 is 5.84. The van der Waals surface area contributed by atoms with Crippen molar-refractivity contribution < 1.29 is 18.7 Å². The van der Waals surface area contributed by atoms with Gasteiger partial charge in [0.15, 0.2) is 5.82 Å². The summed E-state index contributed by atoms with van der Waals surface area (Å²) < 4.78 is 19.4. The molecular formula is C17H18ClFN2O3. The van der Waals surface area contributed by atoms with Crippen molar-refractivity contribution in [1.29, 1.82) is 0 Å². The Bertz CT molecular complexity index is 735. The van der Waals surface area contributed by atoms with Gasteiger partial charge in [0, 0.05) is 23.4 Å². The van der Waals surface area contributed by atoms with Crippen LogP contribution in [0.3, 0.4) is 0 Å². The van der Waals surface area contributed by atoms with Crippen molar-refractivity contribution in [1.82, 2.24) is 4.90 Å². The van der Waals surface area contributed by atoms with Gasteiger partial charge in [0.1, 0.15) is 6.04 Å². The molecule has 0 unspecified atom stereocenters. The number of hydrogen-bond acceptors (Lipinski definition) is 4. The molecule has 0 spiro atoms. The summed E-state index contributed by atoms with van der Waals surface area (Å²) in [6.45, 7) is 2.00. The van der Waals surface area contributed by atoms with Gasteiger partial charge in [-0.05, 0) is 43.9 Å². The number of amides is 1. The summed E-state index contributed by atoms with van der Waals surface area (Å²) in [5.41, 5.74) is 6.81. The third-order valence-electron chi connectivity index (χ3n) is 4.52. The van der Waals surface area contributed by atoms with Gasteiger partial charge >= 0.3 is 5.97 Å². The van der Waals surface area contributed by atoms with Crippen LogP contribution < -0.4 is 5.73 Å². The number of anilines is 1. The standard InChI is InChI=1S/C17H18ClFN2O3/c1-2-24-17(23)13-6-3-10-7-9(8-14(22)21(10)13)15-12(20)5-4-11(18)16(15)19/h4-5,8,10,13H,2-3,6-7,20H2,1H3/t10-,13+/m1/s1. The van der Waals surface area contributed by atoms with E-state index in [-0.39, 0.29) is 34.8 Å².